The molecule has 0 unspecified atom stereocenters. The van der Waals surface area contributed by atoms with Crippen LogP contribution < -0.4 is 10.2 Å². The smallest absolute Gasteiger partial charge is 0.274 e. The average Bonchev–Trinajstić information content (AvgIpc) is 2.63. The van der Waals surface area contributed by atoms with Crippen LogP contribution in [0.1, 0.15) is 17.4 Å². The molecule has 0 aliphatic carbocycles. The van der Waals surface area contributed by atoms with Crippen molar-refractivity contribution >= 4 is 23.2 Å². The Bertz CT molecular complexity index is 708. The van der Waals surface area contributed by atoms with Gasteiger partial charge in [0.25, 0.3) is 5.91 Å². The van der Waals surface area contributed by atoms with Gasteiger partial charge in [-0.2, -0.15) is 0 Å². The van der Waals surface area contributed by atoms with Gasteiger partial charge in [0, 0.05) is 50.7 Å². The Morgan fingerprint density at radius 3 is 2.29 bits per heavy atom. The van der Waals surface area contributed by atoms with Crippen LogP contribution in [0.25, 0.3) is 0 Å². The lowest BCUT2D eigenvalue weighted by Crippen LogP contribution is -2.48. The Labute approximate surface area is 141 Å². The number of piperazine rings is 1. The second-order valence-corrected chi connectivity index (χ2v) is 5.71. The van der Waals surface area contributed by atoms with Crippen molar-refractivity contribution in [2.24, 2.45) is 0 Å². The first kappa shape index (κ1) is 16.0. The van der Waals surface area contributed by atoms with Crippen LogP contribution in [0.3, 0.4) is 0 Å². The maximum Gasteiger partial charge on any atom is 0.274 e. The van der Waals surface area contributed by atoms with Gasteiger partial charge in [-0.15, -0.1) is 0 Å². The number of hydrogen-bond donors (Lipinski definition) is 1. The van der Waals surface area contributed by atoms with Gasteiger partial charge in [-0.1, -0.05) is 6.07 Å². The summed E-state index contributed by atoms with van der Waals surface area (Å²) in [6, 6.07) is 13.0. The Hall–Kier alpha value is -2.89. The van der Waals surface area contributed by atoms with E-state index in [0.29, 0.717) is 5.69 Å². The van der Waals surface area contributed by atoms with Gasteiger partial charge in [-0.05, 0) is 36.4 Å². The van der Waals surface area contributed by atoms with E-state index in [-0.39, 0.29) is 11.8 Å². The minimum Gasteiger partial charge on any atom is -0.368 e. The summed E-state index contributed by atoms with van der Waals surface area (Å²) in [6.07, 6.45) is 1.60. The first-order chi connectivity index (χ1) is 11.6. The molecule has 1 aromatic carbocycles. The van der Waals surface area contributed by atoms with E-state index in [1.807, 2.05) is 29.2 Å². The van der Waals surface area contributed by atoms with Crippen LogP contribution in [-0.4, -0.2) is 47.9 Å². The quantitative estimate of drug-likeness (QED) is 0.938. The predicted octanol–water partition coefficient (Wildman–Crippen LogP) is 2.00. The van der Waals surface area contributed by atoms with Crippen LogP contribution in [0.5, 0.6) is 0 Å². The fourth-order valence-electron chi connectivity index (χ4n) is 2.73. The number of pyridine rings is 1. The molecule has 1 aliphatic rings. The molecule has 0 bridgehead atoms. The molecule has 2 aromatic rings. The summed E-state index contributed by atoms with van der Waals surface area (Å²) in [7, 11) is 0. The van der Waals surface area contributed by atoms with Gasteiger partial charge >= 0.3 is 0 Å². The zero-order valence-electron chi connectivity index (χ0n) is 13.6. The summed E-state index contributed by atoms with van der Waals surface area (Å²) >= 11 is 0. The second kappa shape index (κ2) is 7.12. The Morgan fingerprint density at radius 1 is 1.00 bits per heavy atom. The van der Waals surface area contributed by atoms with Crippen molar-refractivity contribution < 1.29 is 9.59 Å². The third-order valence-electron chi connectivity index (χ3n) is 4.11. The standard InChI is InChI=1S/C18H20N4O2/c1-14(23)21-10-12-22(13-11-21)16-7-5-15(6-8-16)20-18(24)17-4-2-3-9-19-17/h2-9H,10-13H2,1H3,(H,20,24). The average molecular weight is 324 g/mol. The van der Waals surface area contributed by atoms with Gasteiger partial charge in [-0.3, -0.25) is 14.6 Å². The van der Waals surface area contributed by atoms with Crippen molar-refractivity contribution in [3.05, 3.63) is 54.4 Å². The van der Waals surface area contributed by atoms with Gasteiger partial charge < -0.3 is 15.1 Å². The van der Waals surface area contributed by atoms with E-state index in [9.17, 15) is 9.59 Å². The van der Waals surface area contributed by atoms with Gasteiger partial charge in [0.1, 0.15) is 5.69 Å². The lowest BCUT2D eigenvalue weighted by atomic mass is 10.2. The van der Waals surface area contributed by atoms with E-state index in [4.69, 9.17) is 0 Å². The number of benzene rings is 1. The van der Waals surface area contributed by atoms with Gasteiger partial charge in [0.05, 0.1) is 0 Å². The van der Waals surface area contributed by atoms with Crippen LogP contribution in [0.2, 0.25) is 0 Å². The first-order valence-electron chi connectivity index (χ1n) is 7.96. The van der Waals surface area contributed by atoms with Crippen molar-refractivity contribution in [2.75, 3.05) is 36.4 Å². The Kier molecular flexibility index (Phi) is 4.74. The Balaban J connectivity index is 1.60. The number of rotatable bonds is 3. The minimum atomic E-state index is -0.224. The number of nitrogens with one attached hydrogen (secondary N) is 1. The topological polar surface area (TPSA) is 65.5 Å². The van der Waals surface area contributed by atoms with E-state index in [1.165, 1.54) is 0 Å². The SMILES string of the molecule is CC(=O)N1CCN(c2ccc(NC(=O)c3ccccn3)cc2)CC1. The molecule has 2 heterocycles. The van der Waals surface area contributed by atoms with Crippen LogP contribution >= 0.6 is 0 Å². The number of amides is 2. The van der Waals surface area contributed by atoms with Crippen molar-refractivity contribution in [1.82, 2.24) is 9.88 Å². The van der Waals surface area contributed by atoms with Gasteiger partial charge in [0.2, 0.25) is 5.91 Å². The zero-order valence-corrected chi connectivity index (χ0v) is 13.6. The second-order valence-electron chi connectivity index (χ2n) is 5.71. The molecule has 3 rings (SSSR count). The molecule has 0 radical (unpaired) electrons. The molecule has 1 saturated heterocycles. The van der Waals surface area contributed by atoms with E-state index in [2.05, 4.69) is 15.2 Å². The predicted molar refractivity (Wildman–Crippen MR) is 93.1 cm³/mol. The summed E-state index contributed by atoms with van der Waals surface area (Å²) in [5.74, 6) is -0.0966. The largest absolute Gasteiger partial charge is 0.368 e. The van der Waals surface area contributed by atoms with Crippen LogP contribution in [-0.2, 0) is 4.79 Å². The lowest BCUT2D eigenvalue weighted by molar-refractivity contribution is -0.129. The molecule has 1 aromatic heterocycles. The summed E-state index contributed by atoms with van der Waals surface area (Å²) in [6.45, 7) is 4.73. The summed E-state index contributed by atoms with van der Waals surface area (Å²) in [5.41, 5.74) is 2.22. The normalized spacial score (nSPS) is 14.4. The maximum absolute atomic E-state index is 12.1. The van der Waals surface area contributed by atoms with Crippen molar-refractivity contribution in [3.63, 3.8) is 0 Å². The molecular weight excluding hydrogens is 304 g/mol. The van der Waals surface area contributed by atoms with E-state index in [1.54, 1.807) is 31.3 Å². The van der Waals surface area contributed by atoms with Crippen LogP contribution in [0.4, 0.5) is 11.4 Å². The van der Waals surface area contributed by atoms with E-state index in [0.717, 1.165) is 37.6 Å². The molecule has 124 valence electrons. The fraction of sp³-hybridized carbons (Fsp3) is 0.278. The maximum atomic E-state index is 12.1. The summed E-state index contributed by atoms with van der Waals surface area (Å²) in [5, 5.41) is 2.84. The molecule has 2 amide bonds. The third-order valence-corrected chi connectivity index (χ3v) is 4.11. The number of aromatic nitrogens is 1. The van der Waals surface area contributed by atoms with E-state index >= 15 is 0 Å². The number of carbonyl (C=O) groups excluding carboxylic acids is 2. The molecule has 0 saturated carbocycles. The molecule has 1 N–H and O–H groups in total. The van der Waals surface area contributed by atoms with Crippen molar-refractivity contribution in [2.45, 2.75) is 6.92 Å². The minimum absolute atomic E-state index is 0.127. The highest BCUT2D eigenvalue weighted by atomic mass is 16.2. The van der Waals surface area contributed by atoms with Crippen LogP contribution in [0.15, 0.2) is 48.7 Å². The van der Waals surface area contributed by atoms with Crippen LogP contribution in [0, 0.1) is 0 Å². The van der Waals surface area contributed by atoms with Crippen molar-refractivity contribution in [1.29, 1.82) is 0 Å². The molecule has 1 aliphatic heterocycles. The molecule has 0 atom stereocenters. The molecular formula is C18H20N4O2. The third kappa shape index (κ3) is 3.71. The summed E-state index contributed by atoms with van der Waals surface area (Å²) < 4.78 is 0. The first-order valence-corrected chi connectivity index (χ1v) is 7.96. The highest BCUT2D eigenvalue weighted by molar-refractivity contribution is 6.02. The molecule has 24 heavy (non-hydrogen) atoms. The zero-order chi connectivity index (χ0) is 16.9. The number of anilines is 2. The number of nitrogens with zero attached hydrogens (tertiary/aromatic N) is 3. The van der Waals surface area contributed by atoms with Gasteiger partial charge in [0.15, 0.2) is 0 Å². The monoisotopic (exact) mass is 324 g/mol. The van der Waals surface area contributed by atoms with E-state index < -0.39 is 0 Å². The number of hydrogen-bond acceptors (Lipinski definition) is 4. The highest BCUT2D eigenvalue weighted by Gasteiger charge is 2.18. The van der Waals surface area contributed by atoms with Crippen molar-refractivity contribution in [3.8, 4) is 0 Å². The molecule has 6 heteroatoms. The lowest BCUT2D eigenvalue weighted by Gasteiger charge is -2.35. The Morgan fingerprint density at radius 2 is 1.71 bits per heavy atom. The number of carbonyl (C=O) groups is 2. The fourth-order valence-corrected chi connectivity index (χ4v) is 2.73. The molecule has 1 fully saturated rings. The summed E-state index contributed by atoms with van der Waals surface area (Å²) in [4.78, 5) is 31.6. The molecule has 0 spiro atoms. The molecule has 6 nitrogen and oxygen atoms in total. The highest BCUT2D eigenvalue weighted by Crippen LogP contribution is 2.20. The van der Waals surface area contributed by atoms with Gasteiger partial charge in [-0.25, -0.2) is 0 Å².